The molecule has 124 valence electrons. The molecule has 0 heterocycles. The van der Waals surface area contributed by atoms with Gasteiger partial charge >= 0.3 is 0 Å². The van der Waals surface area contributed by atoms with E-state index in [0.29, 0.717) is 12.0 Å². The fourth-order valence-corrected chi connectivity index (χ4v) is 2.47. The maximum absolute atomic E-state index is 11.7. The molecule has 0 spiro atoms. The Morgan fingerprint density at radius 2 is 1.88 bits per heavy atom. The summed E-state index contributed by atoms with van der Waals surface area (Å²) in [6, 6.07) is 16.8. The lowest BCUT2D eigenvalue weighted by molar-refractivity contribution is -0.106. The molecule has 0 aliphatic rings. The van der Waals surface area contributed by atoms with Crippen LogP contribution in [0.2, 0.25) is 0 Å². The second kappa shape index (κ2) is 8.89. The number of oxime groups is 1. The first-order valence-corrected chi connectivity index (χ1v) is 7.78. The number of nitrogens with zero attached hydrogens (tertiary/aromatic N) is 1. The number of para-hydroxylation sites is 1. The summed E-state index contributed by atoms with van der Waals surface area (Å²) in [4.78, 5) is 16.5. The Hall–Kier alpha value is -2.59. The van der Waals surface area contributed by atoms with Crippen molar-refractivity contribution in [1.29, 1.82) is 0 Å². The van der Waals surface area contributed by atoms with Crippen LogP contribution in [0.15, 0.2) is 72.4 Å². The normalized spacial score (nSPS) is 12.3. The Bertz CT molecular complexity index is 728. The number of halogens is 1. The topological polar surface area (TPSA) is 47.9 Å². The zero-order chi connectivity index (χ0) is 17.4. The maximum Gasteiger partial charge on any atom is 0.274 e. The van der Waals surface area contributed by atoms with Crippen LogP contribution >= 0.6 is 11.6 Å². The second-order valence-corrected chi connectivity index (χ2v) is 5.27. The van der Waals surface area contributed by atoms with E-state index in [0.717, 1.165) is 11.3 Å². The summed E-state index contributed by atoms with van der Waals surface area (Å²) >= 11 is 5.66. The molecular formula is C19H18ClNO3. The van der Waals surface area contributed by atoms with Gasteiger partial charge < -0.3 is 9.57 Å². The summed E-state index contributed by atoms with van der Waals surface area (Å²) in [5.41, 5.74) is 1.40. The molecule has 0 saturated heterocycles. The SMILES string of the molecule is C=CCC(Oc1ccccc1)c1ccccc1/C(=N\OC)C(=O)Cl. The minimum atomic E-state index is -0.693. The molecule has 0 amide bonds. The standard InChI is InChI=1S/C19H18ClNO3/c1-3-9-17(24-14-10-5-4-6-11-14)15-12-7-8-13-16(15)18(19(20)22)21-23-2/h3-8,10-13,17H,1,9H2,2H3/b21-18+. The second-order valence-electron chi connectivity index (χ2n) is 4.93. The Balaban J connectivity index is 2.45. The van der Waals surface area contributed by atoms with Crippen molar-refractivity contribution in [2.24, 2.45) is 5.16 Å². The lowest BCUT2D eigenvalue weighted by Gasteiger charge is -2.21. The van der Waals surface area contributed by atoms with Crippen molar-refractivity contribution in [3.8, 4) is 5.75 Å². The van der Waals surface area contributed by atoms with Crippen LogP contribution in [0.5, 0.6) is 5.75 Å². The summed E-state index contributed by atoms with van der Waals surface area (Å²) in [6.07, 6.45) is 1.99. The zero-order valence-electron chi connectivity index (χ0n) is 13.3. The minimum absolute atomic E-state index is 0.0421. The predicted molar refractivity (Wildman–Crippen MR) is 95.5 cm³/mol. The summed E-state index contributed by atoms with van der Waals surface area (Å²) in [6.45, 7) is 3.79. The molecule has 0 fully saturated rings. The summed E-state index contributed by atoms with van der Waals surface area (Å²) in [5.74, 6) is 0.724. The molecule has 0 aromatic heterocycles. The molecule has 0 saturated carbocycles. The van der Waals surface area contributed by atoms with Crippen molar-refractivity contribution in [2.45, 2.75) is 12.5 Å². The Morgan fingerprint density at radius 1 is 1.21 bits per heavy atom. The molecular weight excluding hydrogens is 326 g/mol. The molecule has 5 heteroatoms. The van der Waals surface area contributed by atoms with Crippen molar-refractivity contribution < 1.29 is 14.4 Å². The largest absolute Gasteiger partial charge is 0.485 e. The summed E-state index contributed by atoms with van der Waals surface area (Å²) < 4.78 is 6.07. The Labute approximate surface area is 146 Å². The first kappa shape index (κ1) is 17.8. The zero-order valence-corrected chi connectivity index (χ0v) is 14.1. The van der Waals surface area contributed by atoms with Crippen LogP contribution in [-0.2, 0) is 9.63 Å². The van der Waals surface area contributed by atoms with E-state index in [1.165, 1.54) is 7.11 Å². The van der Waals surface area contributed by atoms with Gasteiger partial charge in [-0.2, -0.15) is 0 Å². The van der Waals surface area contributed by atoms with E-state index in [1.54, 1.807) is 18.2 Å². The number of rotatable bonds is 8. The average Bonchev–Trinajstić information content (AvgIpc) is 2.60. The van der Waals surface area contributed by atoms with E-state index in [9.17, 15) is 4.79 Å². The molecule has 2 aromatic carbocycles. The van der Waals surface area contributed by atoms with Gasteiger partial charge in [-0.05, 0) is 23.7 Å². The Kier molecular flexibility index (Phi) is 6.58. The first-order valence-electron chi connectivity index (χ1n) is 7.40. The van der Waals surface area contributed by atoms with Gasteiger partial charge in [0.15, 0.2) is 5.71 Å². The number of hydrogen-bond donors (Lipinski definition) is 0. The lowest BCUT2D eigenvalue weighted by atomic mass is 9.97. The van der Waals surface area contributed by atoms with Gasteiger partial charge in [0.1, 0.15) is 19.0 Å². The highest BCUT2D eigenvalue weighted by atomic mass is 35.5. The van der Waals surface area contributed by atoms with Gasteiger partial charge in [0.05, 0.1) is 0 Å². The molecule has 0 N–H and O–H groups in total. The molecule has 4 nitrogen and oxygen atoms in total. The fraction of sp³-hybridized carbons (Fsp3) is 0.158. The molecule has 24 heavy (non-hydrogen) atoms. The lowest BCUT2D eigenvalue weighted by Crippen LogP contribution is -2.17. The quantitative estimate of drug-likeness (QED) is 0.307. The van der Waals surface area contributed by atoms with Gasteiger partial charge in [0, 0.05) is 17.5 Å². The van der Waals surface area contributed by atoms with Crippen molar-refractivity contribution >= 4 is 22.6 Å². The third kappa shape index (κ3) is 4.46. The van der Waals surface area contributed by atoms with Crippen LogP contribution in [-0.4, -0.2) is 18.1 Å². The monoisotopic (exact) mass is 343 g/mol. The van der Waals surface area contributed by atoms with Crippen molar-refractivity contribution in [1.82, 2.24) is 0 Å². The van der Waals surface area contributed by atoms with Gasteiger partial charge in [0.2, 0.25) is 0 Å². The van der Waals surface area contributed by atoms with Gasteiger partial charge in [-0.25, -0.2) is 0 Å². The Morgan fingerprint density at radius 3 is 2.50 bits per heavy atom. The van der Waals surface area contributed by atoms with Gasteiger partial charge in [-0.15, -0.1) is 6.58 Å². The van der Waals surface area contributed by atoms with E-state index in [4.69, 9.17) is 21.2 Å². The molecule has 2 rings (SSSR count). The third-order valence-electron chi connectivity index (χ3n) is 3.33. The van der Waals surface area contributed by atoms with Crippen LogP contribution in [0, 0.1) is 0 Å². The van der Waals surface area contributed by atoms with Crippen molar-refractivity contribution in [3.05, 3.63) is 78.4 Å². The van der Waals surface area contributed by atoms with Gasteiger partial charge in [-0.3, -0.25) is 4.79 Å². The van der Waals surface area contributed by atoms with Crippen LogP contribution in [0.25, 0.3) is 0 Å². The molecule has 1 unspecified atom stereocenters. The molecule has 1 atom stereocenters. The first-order chi connectivity index (χ1) is 11.7. The highest BCUT2D eigenvalue weighted by molar-refractivity contribution is 6.84. The third-order valence-corrected chi connectivity index (χ3v) is 3.51. The van der Waals surface area contributed by atoms with Crippen LogP contribution in [0.4, 0.5) is 0 Å². The van der Waals surface area contributed by atoms with E-state index in [-0.39, 0.29) is 11.8 Å². The number of hydrogen-bond acceptors (Lipinski definition) is 4. The van der Waals surface area contributed by atoms with Gasteiger partial charge in [-0.1, -0.05) is 53.7 Å². The summed E-state index contributed by atoms with van der Waals surface area (Å²) in [5, 5.41) is 3.06. The van der Waals surface area contributed by atoms with Crippen LogP contribution in [0.1, 0.15) is 23.7 Å². The van der Waals surface area contributed by atoms with E-state index >= 15 is 0 Å². The minimum Gasteiger partial charge on any atom is -0.485 e. The predicted octanol–water partition coefficient (Wildman–Crippen LogP) is 4.50. The van der Waals surface area contributed by atoms with Gasteiger partial charge in [0.25, 0.3) is 5.24 Å². The van der Waals surface area contributed by atoms with Crippen LogP contribution in [0.3, 0.4) is 0 Å². The fourth-order valence-electron chi connectivity index (χ4n) is 2.33. The molecule has 0 bridgehead atoms. The number of benzene rings is 2. The van der Waals surface area contributed by atoms with Crippen molar-refractivity contribution in [2.75, 3.05) is 7.11 Å². The van der Waals surface area contributed by atoms with Crippen LogP contribution < -0.4 is 4.74 Å². The maximum atomic E-state index is 11.7. The number of carbonyl (C=O) groups excluding carboxylic acids is 1. The highest BCUT2D eigenvalue weighted by Gasteiger charge is 2.22. The van der Waals surface area contributed by atoms with E-state index < -0.39 is 5.24 Å². The van der Waals surface area contributed by atoms with E-state index in [2.05, 4.69) is 11.7 Å². The molecule has 2 aromatic rings. The van der Waals surface area contributed by atoms with Crippen molar-refractivity contribution in [3.63, 3.8) is 0 Å². The average molecular weight is 344 g/mol. The molecule has 0 aliphatic carbocycles. The number of carbonyl (C=O) groups is 1. The number of ether oxygens (including phenoxy) is 1. The molecule has 0 aliphatic heterocycles. The smallest absolute Gasteiger partial charge is 0.274 e. The van der Waals surface area contributed by atoms with E-state index in [1.807, 2.05) is 42.5 Å². The summed E-state index contributed by atoms with van der Waals surface area (Å²) in [7, 11) is 1.37. The molecule has 0 radical (unpaired) electrons. The highest BCUT2D eigenvalue weighted by Crippen LogP contribution is 2.28.